The third-order valence-electron chi connectivity index (χ3n) is 1.97. The molecule has 1 saturated heterocycles. The van der Waals surface area contributed by atoms with E-state index in [9.17, 15) is 22.8 Å². The van der Waals surface area contributed by atoms with Gasteiger partial charge in [-0.2, -0.15) is 13.2 Å². The lowest BCUT2D eigenvalue weighted by atomic mass is 10.4. The van der Waals surface area contributed by atoms with Crippen molar-refractivity contribution in [3.63, 3.8) is 0 Å². The predicted molar refractivity (Wildman–Crippen MR) is 44.1 cm³/mol. The van der Waals surface area contributed by atoms with Crippen molar-refractivity contribution in [1.29, 1.82) is 0 Å². The second-order valence-electron chi connectivity index (χ2n) is 3.02. The molecule has 1 atom stereocenters. The van der Waals surface area contributed by atoms with Crippen molar-refractivity contribution in [1.82, 2.24) is 4.90 Å². The average Bonchev–Trinajstić information content (AvgIpc) is 2.19. The fourth-order valence-corrected chi connectivity index (χ4v) is 1.16. The summed E-state index contributed by atoms with van der Waals surface area (Å²) in [5.41, 5.74) is 0. The number of morpholine rings is 1. The maximum absolute atomic E-state index is 11.9. The van der Waals surface area contributed by atoms with Gasteiger partial charge in [0, 0.05) is 13.1 Å². The van der Waals surface area contributed by atoms with Gasteiger partial charge in [0.1, 0.15) is 0 Å². The van der Waals surface area contributed by atoms with Crippen LogP contribution in [0.1, 0.15) is 6.92 Å². The van der Waals surface area contributed by atoms with Crippen LogP contribution in [0.3, 0.4) is 0 Å². The van der Waals surface area contributed by atoms with Crippen LogP contribution in [0.4, 0.5) is 13.2 Å². The van der Waals surface area contributed by atoms with Crippen LogP contribution in [0, 0.1) is 0 Å². The molecule has 0 spiro atoms. The highest BCUT2D eigenvalue weighted by molar-refractivity contribution is 5.84. The van der Waals surface area contributed by atoms with E-state index in [2.05, 4.69) is 9.47 Å². The van der Waals surface area contributed by atoms with Gasteiger partial charge in [0.05, 0.1) is 6.61 Å². The Bertz CT molecular complexity index is 291. The van der Waals surface area contributed by atoms with Gasteiger partial charge in [-0.25, -0.2) is 4.79 Å². The van der Waals surface area contributed by atoms with Gasteiger partial charge >= 0.3 is 12.1 Å². The van der Waals surface area contributed by atoms with Crippen LogP contribution < -0.4 is 0 Å². The minimum atomic E-state index is -5.13. The summed E-state index contributed by atoms with van der Waals surface area (Å²) in [5.74, 6) is -3.20. The lowest BCUT2D eigenvalue weighted by Crippen LogP contribution is -2.50. The first-order chi connectivity index (χ1) is 7.36. The topological polar surface area (TPSA) is 55.8 Å². The fraction of sp³-hybridized carbons (Fsp3) is 0.750. The van der Waals surface area contributed by atoms with Crippen LogP contribution in [-0.4, -0.2) is 48.9 Å². The van der Waals surface area contributed by atoms with Crippen molar-refractivity contribution in [2.45, 2.75) is 19.4 Å². The largest absolute Gasteiger partial charge is 0.491 e. The van der Waals surface area contributed by atoms with Gasteiger partial charge in [-0.3, -0.25) is 4.79 Å². The zero-order chi connectivity index (χ0) is 12.3. The highest BCUT2D eigenvalue weighted by Gasteiger charge is 2.44. The molecule has 0 aromatic carbocycles. The van der Waals surface area contributed by atoms with Crippen molar-refractivity contribution in [3.8, 4) is 0 Å². The Morgan fingerprint density at radius 2 is 2.25 bits per heavy atom. The number of hydrogen-bond acceptors (Lipinski definition) is 4. The van der Waals surface area contributed by atoms with Gasteiger partial charge in [-0.1, -0.05) is 0 Å². The van der Waals surface area contributed by atoms with E-state index in [0.717, 1.165) is 0 Å². The number of nitrogens with zero attached hydrogens (tertiary/aromatic N) is 1. The highest BCUT2D eigenvalue weighted by atomic mass is 19.4. The molecule has 1 heterocycles. The van der Waals surface area contributed by atoms with Crippen molar-refractivity contribution in [3.05, 3.63) is 0 Å². The molecular weight excluding hydrogens is 231 g/mol. The zero-order valence-corrected chi connectivity index (χ0v) is 8.41. The summed E-state index contributed by atoms with van der Waals surface area (Å²) < 4.78 is 44.1. The van der Waals surface area contributed by atoms with Gasteiger partial charge in [-0.15, -0.1) is 0 Å². The van der Waals surface area contributed by atoms with Crippen molar-refractivity contribution < 1.29 is 32.2 Å². The Morgan fingerprint density at radius 1 is 1.62 bits per heavy atom. The SMILES string of the molecule is CCN1CCOC(OC(=O)C(F)(F)F)C1=O. The molecule has 5 nitrogen and oxygen atoms in total. The minimum Gasteiger partial charge on any atom is -0.419 e. The summed E-state index contributed by atoms with van der Waals surface area (Å²) in [6.07, 6.45) is -6.92. The standard InChI is InChI=1S/C8H10F3NO4/c1-2-12-3-4-15-6(5(12)13)16-7(14)8(9,10)11/h6H,2-4H2,1H3. The fourth-order valence-electron chi connectivity index (χ4n) is 1.16. The Labute approximate surface area is 89.1 Å². The Morgan fingerprint density at radius 3 is 2.75 bits per heavy atom. The van der Waals surface area contributed by atoms with E-state index in [4.69, 9.17) is 0 Å². The monoisotopic (exact) mass is 241 g/mol. The molecule has 1 rings (SSSR count). The highest BCUT2D eigenvalue weighted by Crippen LogP contribution is 2.19. The minimum absolute atomic E-state index is 0.0371. The van der Waals surface area contributed by atoms with Crippen LogP contribution in [0.25, 0.3) is 0 Å². The molecule has 16 heavy (non-hydrogen) atoms. The third-order valence-corrected chi connectivity index (χ3v) is 1.97. The number of halogens is 3. The Kier molecular flexibility index (Phi) is 3.74. The number of likely N-dealkylation sites (N-methyl/N-ethyl adjacent to an activating group) is 1. The van der Waals surface area contributed by atoms with Gasteiger partial charge in [0.2, 0.25) is 0 Å². The molecule has 0 aliphatic carbocycles. The molecule has 0 saturated carbocycles. The molecule has 0 bridgehead atoms. The van der Waals surface area contributed by atoms with E-state index >= 15 is 0 Å². The first kappa shape index (κ1) is 12.8. The number of rotatable bonds is 2. The second kappa shape index (κ2) is 4.69. The maximum Gasteiger partial charge on any atom is 0.491 e. The van der Waals surface area contributed by atoms with Crippen LogP contribution in [0.2, 0.25) is 0 Å². The van der Waals surface area contributed by atoms with E-state index in [0.29, 0.717) is 6.54 Å². The zero-order valence-electron chi connectivity index (χ0n) is 8.41. The quantitative estimate of drug-likeness (QED) is 0.652. The molecule has 0 N–H and O–H groups in total. The number of carbonyl (C=O) groups is 2. The van der Waals surface area contributed by atoms with Crippen LogP contribution in [-0.2, 0) is 19.1 Å². The third kappa shape index (κ3) is 2.84. The summed E-state index contributed by atoms with van der Waals surface area (Å²) in [6, 6.07) is 0. The molecule has 92 valence electrons. The molecule has 0 aromatic rings. The maximum atomic E-state index is 11.9. The van der Waals surface area contributed by atoms with E-state index in [1.807, 2.05) is 0 Å². The van der Waals surface area contributed by atoms with Crippen LogP contribution >= 0.6 is 0 Å². The van der Waals surface area contributed by atoms with E-state index in [-0.39, 0.29) is 13.2 Å². The molecule has 1 aliphatic heterocycles. The van der Waals surface area contributed by atoms with E-state index in [1.165, 1.54) is 4.90 Å². The number of hydrogen-bond donors (Lipinski definition) is 0. The first-order valence-corrected chi connectivity index (χ1v) is 4.54. The van der Waals surface area contributed by atoms with Crippen molar-refractivity contribution in [2.75, 3.05) is 19.7 Å². The summed E-state index contributed by atoms with van der Waals surface area (Å²) in [4.78, 5) is 23.1. The van der Waals surface area contributed by atoms with Gasteiger partial charge in [0.15, 0.2) is 0 Å². The van der Waals surface area contributed by atoms with Crippen molar-refractivity contribution >= 4 is 11.9 Å². The molecule has 1 aliphatic rings. The lowest BCUT2D eigenvalue weighted by Gasteiger charge is -2.30. The number of amides is 1. The Balaban J connectivity index is 2.60. The summed E-state index contributed by atoms with van der Waals surface area (Å²) in [7, 11) is 0. The summed E-state index contributed by atoms with van der Waals surface area (Å²) in [6.45, 7) is 2.29. The van der Waals surface area contributed by atoms with E-state index in [1.54, 1.807) is 6.92 Å². The van der Waals surface area contributed by atoms with Gasteiger partial charge in [0.25, 0.3) is 12.2 Å². The summed E-state index contributed by atoms with van der Waals surface area (Å²) >= 11 is 0. The predicted octanol–water partition coefficient (Wildman–Crippen LogP) is 0.297. The number of ether oxygens (including phenoxy) is 2. The number of carbonyl (C=O) groups excluding carboxylic acids is 2. The second-order valence-corrected chi connectivity index (χ2v) is 3.02. The van der Waals surface area contributed by atoms with E-state index < -0.39 is 24.3 Å². The number of alkyl halides is 3. The van der Waals surface area contributed by atoms with Gasteiger partial charge < -0.3 is 14.4 Å². The molecule has 8 heteroatoms. The smallest absolute Gasteiger partial charge is 0.419 e. The van der Waals surface area contributed by atoms with Gasteiger partial charge in [-0.05, 0) is 6.92 Å². The average molecular weight is 241 g/mol. The molecule has 1 amide bonds. The summed E-state index contributed by atoms with van der Waals surface area (Å²) in [5, 5.41) is 0. The first-order valence-electron chi connectivity index (χ1n) is 4.54. The lowest BCUT2D eigenvalue weighted by molar-refractivity contribution is -0.232. The van der Waals surface area contributed by atoms with Crippen LogP contribution in [0.5, 0.6) is 0 Å². The molecule has 0 aromatic heterocycles. The molecule has 0 radical (unpaired) electrons. The normalized spacial score (nSPS) is 22.1. The van der Waals surface area contributed by atoms with Crippen molar-refractivity contribution in [2.24, 2.45) is 0 Å². The molecular formula is C8H10F3NO4. The Hall–Kier alpha value is -1.31. The molecule has 1 fully saturated rings. The molecule has 1 unspecified atom stereocenters. The van der Waals surface area contributed by atoms with Crippen LogP contribution in [0.15, 0.2) is 0 Å². The number of esters is 1.